The Balaban J connectivity index is 1.65. The quantitative estimate of drug-likeness (QED) is 0.110. The number of rotatable bonds is 19. The number of hydrogen-bond acceptors (Lipinski definition) is 4. The fourth-order valence-corrected chi connectivity index (χ4v) is 4.29. The molecule has 4 nitrogen and oxygen atoms in total. The highest BCUT2D eigenvalue weighted by Gasteiger charge is 2.12. The molecule has 2 aromatic carbocycles. The van der Waals surface area contributed by atoms with E-state index in [1.807, 2.05) is 36.4 Å². The summed E-state index contributed by atoms with van der Waals surface area (Å²) in [7, 11) is 0. The molecule has 200 valence electrons. The van der Waals surface area contributed by atoms with E-state index < -0.39 is 0 Å². The lowest BCUT2D eigenvalue weighted by Crippen LogP contribution is -2.11. The van der Waals surface area contributed by atoms with Crippen LogP contribution in [0.5, 0.6) is 11.5 Å². The molecule has 0 N–H and O–H groups in total. The smallest absolute Gasteiger partial charge is 0.343 e. The standard InChI is InChI=1S/C32H48O4/c1-5-7-8-9-10-11-12-13-14-15-25-34-27(4)28-17-19-29(20-18-28)32(33)36-31-23-21-30(22-24-31)35-26(3)16-6-2/h17-24,26-27H,5-16,25H2,1-4H3. The Hall–Kier alpha value is -2.33. The highest BCUT2D eigenvalue weighted by Crippen LogP contribution is 2.22. The molecular weight excluding hydrogens is 448 g/mol. The van der Waals surface area contributed by atoms with Gasteiger partial charge < -0.3 is 14.2 Å². The van der Waals surface area contributed by atoms with Crippen molar-refractivity contribution in [1.82, 2.24) is 0 Å². The molecule has 2 rings (SSSR count). The van der Waals surface area contributed by atoms with Gasteiger partial charge in [-0.15, -0.1) is 0 Å². The predicted molar refractivity (Wildman–Crippen MR) is 149 cm³/mol. The lowest BCUT2D eigenvalue weighted by atomic mass is 10.1. The summed E-state index contributed by atoms with van der Waals surface area (Å²) in [5, 5.41) is 0. The van der Waals surface area contributed by atoms with Crippen molar-refractivity contribution in [2.45, 2.75) is 117 Å². The molecule has 0 saturated carbocycles. The number of carbonyl (C=O) groups is 1. The molecule has 2 unspecified atom stereocenters. The maximum atomic E-state index is 12.5. The molecule has 0 heterocycles. The molecule has 0 radical (unpaired) electrons. The van der Waals surface area contributed by atoms with E-state index in [1.54, 1.807) is 12.1 Å². The summed E-state index contributed by atoms with van der Waals surface area (Å²) >= 11 is 0. The van der Waals surface area contributed by atoms with E-state index in [4.69, 9.17) is 14.2 Å². The van der Waals surface area contributed by atoms with Crippen molar-refractivity contribution in [2.24, 2.45) is 0 Å². The molecule has 0 fully saturated rings. The molecule has 0 amide bonds. The van der Waals surface area contributed by atoms with Crippen molar-refractivity contribution in [3.8, 4) is 11.5 Å². The molecule has 36 heavy (non-hydrogen) atoms. The maximum Gasteiger partial charge on any atom is 0.343 e. The number of unbranched alkanes of at least 4 members (excludes halogenated alkanes) is 9. The summed E-state index contributed by atoms with van der Waals surface area (Å²) in [5.41, 5.74) is 1.60. The van der Waals surface area contributed by atoms with E-state index in [1.165, 1.54) is 57.8 Å². The summed E-state index contributed by atoms with van der Waals surface area (Å²) in [6.45, 7) is 9.31. The third kappa shape index (κ3) is 12.1. The molecule has 2 aromatic rings. The van der Waals surface area contributed by atoms with E-state index in [2.05, 4.69) is 27.7 Å². The largest absolute Gasteiger partial charge is 0.491 e. The average Bonchev–Trinajstić information content (AvgIpc) is 2.88. The maximum absolute atomic E-state index is 12.5. The van der Waals surface area contributed by atoms with Gasteiger partial charge >= 0.3 is 5.97 Å². The molecule has 4 heteroatoms. The lowest BCUT2D eigenvalue weighted by Gasteiger charge is -2.14. The normalized spacial score (nSPS) is 12.8. The van der Waals surface area contributed by atoms with Crippen molar-refractivity contribution >= 4 is 5.97 Å². The Labute approximate surface area is 219 Å². The van der Waals surface area contributed by atoms with Gasteiger partial charge in [0.25, 0.3) is 0 Å². The first kappa shape index (κ1) is 29.9. The molecule has 0 aliphatic heterocycles. The van der Waals surface area contributed by atoms with Crippen LogP contribution in [0.15, 0.2) is 48.5 Å². The summed E-state index contributed by atoms with van der Waals surface area (Å²) in [5.74, 6) is 0.924. The van der Waals surface area contributed by atoms with Crippen LogP contribution in [0.4, 0.5) is 0 Å². The van der Waals surface area contributed by atoms with E-state index in [0.29, 0.717) is 11.3 Å². The second kappa shape index (κ2) is 18.0. The summed E-state index contributed by atoms with van der Waals surface area (Å²) in [6, 6.07) is 14.7. The number of esters is 1. The van der Waals surface area contributed by atoms with Gasteiger partial charge in [0, 0.05) is 6.61 Å². The van der Waals surface area contributed by atoms with Crippen LogP contribution >= 0.6 is 0 Å². The molecule has 0 saturated heterocycles. The first-order valence-electron chi connectivity index (χ1n) is 14.2. The highest BCUT2D eigenvalue weighted by atomic mass is 16.5. The molecular formula is C32H48O4. The van der Waals surface area contributed by atoms with Gasteiger partial charge in [-0.05, 0) is 68.7 Å². The second-order valence-corrected chi connectivity index (χ2v) is 9.90. The molecule has 0 aromatic heterocycles. The minimum Gasteiger partial charge on any atom is -0.491 e. The number of carbonyl (C=O) groups excluding carboxylic acids is 1. The van der Waals surface area contributed by atoms with Crippen LogP contribution in [0.1, 0.15) is 127 Å². The van der Waals surface area contributed by atoms with Gasteiger partial charge in [0.2, 0.25) is 0 Å². The molecule has 0 bridgehead atoms. The van der Waals surface area contributed by atoms with Crippen LogP contribution in [0.3, 0.4) is 0 Å². The first-order chi connectivity index (χ1) is 17.5. The van der Waals surface area contributed by atoms with Crippen molar-refractivity contribution < 1.29 is 19.0 Å². The van der Waals surface area contributed by atoms with Crippen molar-refractivity contribution in [3.05, 3.63) is 59.7 Å². The number of ether oxygens (including phenoxy) is 3. The molecule has 0 aliphatic rings. The van der Waals surface area contributed by atoms with E-state index in [-0.39, 0.29) is 18.2 Å². The van der Waals surface area contributed by atoms with Gasteiger partial charge in [0.1, 0.15) is 11.5 Å². The Morgan fingerprint density at radius 2 is 1.25 bits per heavy atom. The van der Waals surface area contributed by atoms with Crippen molar-refractivity contribution in [2.75, 3.05) is 6.61 Å². The molecule has 2 atom stereocenters. The third-order valence-electron chi connectivity index (χ3n) is 6.55. The van der Waals surface area contributed by atoms with Crippen LogP contribution in [0.25, 0.3) is 0 Å². The van der Waals surface area contributed by atoms with E-state index >= 15 is 0 Å². The fourth-order valence-electron chi connectivity index (χ4n) is 4.29. The van der Waals surface area contributed by atoms with Crippen LogP contribution in [-0.4, -0.2) is 18.7 Å². The number of benzene rings is 2. The SMILES string of the molecule is CCCCCCCCCCCCOC(C)c1ccc(C(=O)Oc2ccc(OC(C)CCC)cc2)cc1. The Morgan fingerprint density at radius 3 is 1.83 bits per heavy atom. The minimum absolute atomic E-state index is 0.0104. The summed E-state index contributed by atoms with van der Waals surface area (Å²) < 4.78 is 17.4. The second-order valence-electron chi connectivity index (χ2n) is 9.90. The van der Waals surface area contributed by atoms with Gasteiger partial charge in [-0.25, -0.2) is 4.79 Å². The topological polar surface area (TPSA) is 44.8 Å². The van der Waals surface area contributed by atoms with Gasteiger partial charge in [0.15, 0.2) is 0 Å². The fraction of sp³-hybridized carbons (Fsp3) is 0.594. The van der Waals surface area contributed by atoms with Crippen molar-refractivity contribution in [1.29, 1.82) is 0 Å². The van der Waals surface area contributed by atoms with E-state index in [0.717, 1.165) is 37.2 Å². The van der Waals surface area contributed by atoms with Gasteiger partial charge in [-0.3, -0.25) is 0 Å². The van der Waals surface area contributed by atoms with E-state index in [9.17, 15) is 4.79 Å². The minimum atomic E-state index is -0.367. The number of hydrogen-bond donors (Lipinski definition) is 0. The summed E-state index contributed by atoms with van der Waals surface area (Å²) in [6.07, 6.45) is 15.5. The van der Waals surface area contributed by atoms with Gasteiger partial charge in [-0.2, -0.15) is 0 Å². The zero-order valence-corrected chi connectivity index (χ0v) is 23.1. The van der Waals surface area contributed by atoms with Gasteiger partial charge in [-0.1, -0.05) is 90.2 Å². The van der Waals surface area contributed by atoms with Gasteiger partial charge in [0.05, 0.1) is 17.8 Å². The van der Waals surface area contributed by atoms with Crippen molar-refractivity contribution in [3.63, 3.8) is 0 Å². The first-order valence-corrected chi connectivity index (χ1v) is 14.2. The Bertz CT molecular complexity index is 828. The zero-order valence-electron chi connectivity index (χ0n) is 23.1. The van der Waals surface area contributed by atoms with Crippen LogP contribution < -0.4 is 9.47 Å². The Kier molecular flexibility index (Phi) is 14.9. The predicted octanol–water partition coefficient (Wildman–Crippen LogP) is 9.47. The lowest BCUT2D eigenvalue weighted by molar-refractivity contribution is 0.0626. The molecule has 0 spiro atoms. The molecule has 0 aliphatic carbocycles. The third-order valence-corrected chi connectivity index (χ3v) is 6.55. The Morgan fingerprint density at radius 1 is 0.694 bits per heavy atom. The highest BCUT2D eigenvalue weighted by molar-refractivity contribution is 5.91. The van der Waals surface area contributed by atoms with Crippen LogP contribution in [-0.2, 0) is 4.74 Å². The van der Waals surface area contributed by atoms with Crippen LogP contribution in [0.2, 0.25) is 0 Å². The monoisotopic (exact) mass is 496 g/mol. The average molecular weight is 497 g/mol. The summed E-state index contributed by atoms with van der Waals surface area (Å²) in [4.78, 5) is 12.5. The zero-order chi connectivity index (χ0) is 26.0. The van der Waals surface area contributed by atoms with Crippen LogP contribution in [0, 0.1) is 0 Å².